The smallest absolute Gasteiger partial charge is 0.416 e. The number of nitrogens with one attached hydrogen (secondary N) is 1. The highest BCUT2D eigenvalue weighted by atomic mass is 35.5. The monoisotopic (exact) mass is 530 g/mol. The molecule has 3 amide bonds. The normalized spacial score (nSPS) is 14.7. The van der Waals surface area contributed by atoms with Crippen LogP contribution < -0.4 is 5.32 Å². The minimum absolute atomic E-state index is 0.128. The van der Waals surface area contributed by atoms with Gasteiger partial charge in [-0.15, -0.1) is 0 Å². The number of halogens is 4. The van der Waals surface area contributed by atoms with Crippen LogP contribution in [0.2, 0.25) is 5.02 Å². The second kappa shape index (κ2) is 10.1. The number of ether oxygens (including phenoxy) is 1. The van der Waals surface area contributed by atoms with Crippen LogP contribution in [-0.4, -0.2) is 34.6 Å². The molecule has 1 aliphatic heterocycles. The first kappa shape index (κ1) is 25.9. The number of esters is 1. The number of amides is 3. The van der Waals surface area contributed by atoms with Gasteiger partial charge >= 0.3 is 12.1 Å². The maximum absolute atomic E-state index is 13.1. The van der Waals surface area contributed by atoms with Gasteiger partial charge in [0.15, 0.2) is 0 Å². The zero-order valence-electron chi connectivity index (χ0n) is 19.1. The molecule has 3 aromatic rings. The number of fused-ring (bicyclic) bond motifs is 1. The van der Waals surface area contributed by atoms with Crippen LogP contribution in [0.4, 0.5) is 18.9 Å². The number of nitrogens with zero attached hydrogens (tertiary/aromatic N) is 1. The SMILES string of the molecule is C[C@H](C(=O)O[C@H](C(=O)Nc1cc(C(F)(F)F)ccc1Cl)c1ccccc1)N1C(=O)c2ccccc2C1=O. The molecule has 1 N–H and O–H groups in total. The van der Waals surface area contributed by atoms with E-state index >= 15 is 0 Å². The minimum Gasteiger partial charge on any atom is -0.446 e. The van der Waals surface area contributed by atoms with Crippen molar-refractivity contribution in [1.82, 2.24) is 4.90 Å². The first-order chi connectivity index (χ1) is 17.5. The molecular formula is C26H18ClF3N2O5. The summed E-state index contributed by atoms with van der Waals surface area (Å²) in [5.41, 5.74) is -0.926. The predicted octanol–water partition coefficient (Wildman–Crippen LogP) is 5.27. The van der Waals surface area contributed by atoms with Crippen LogP contribution in [0.3, 0.4) is 0 Å². The zero-order chi connectivity index (χ0) is 26.9. The molecule has 2 atom stereocenters. The molecule has 0 saturated carbocycles. The van der Waals surface area contributed by atoms with Crippen LogP contribution in [0.5, 0.6) is 0 Å². The van der Waals surface area contributed by atoms with Crippen molar-refractivity contribution in [3.63, 3.8) is 0 Å². The third kappa shape index (κ3) is 5.19. The summed E-state index contributed by atoms with van der Waals surface area (Å²) in [7, 11) is 0. The summed E-state index contributed by atoms with van der Waals surface area (Å²) < 4.78 is 44.9. The topological polar surface area (TPSA) is 92.8 Å². The van der Waals surface area contributed by atoms with Crippen molar-refractivity contribution >= 4 is 41.0 Å². The van der Waals surface area contributed by atoms with E-state index < -0.39 is 47.6 Å². The summed E-state index contributed by atoms with van der Waals surface area (Å²) in [6.45, 7) is 1.27. The molecule has 7 nitrogen and oxygen atoms in total. The summed E-state index contributed by atoms with van der Waals surface area (Å²) in [5.74, 6) is -3.45. The van der Waals surface area contributed by atoms with Gasteiger partial charge in [-0.1, -0.05) is 54.1 Å². The number of carbonyl (C=O) groups excluding carboxylic acids is 4. The Morgan fingerprint density at radius 3 is 2.05 bits per heavy atom. The highest BCUT2D eigenvalue weighted by Crippen LogP contribution is 2.34. The number of imide groups is 1. The highest BCUT2D eigenvalue weighted by Gasteiger charge is 2.42. The number of alkyl halides is 3. The van der Waals surface area contributed by atoms with E-state index in [-0.39, 0.29) is 27.4 Å². The fraction of sp³-hybridized carbons (Fsp3) is 0.154. The van der Waals surface area contributed by atoms with Crippen LogP contribution in [0.1, 0.15) is 44.9 Å². The molecule has 0 aliphatic carbocycles. The Morgan fingerprint density at radius 1 is 0.919 bits per heavy atom. The lowest BCUT2D eigenvalue weighted by molar-refractivity contribution is -0.158. The Kier molecular flexibility index (Phi) is 7.04. The van der Waals surface area contributed by atoms with E-state index in [1.165, 1.54) is 31.2 Å². The Labute approximate surface area is 213 Å². The average molecular weight is 531 g/mol. The van der Waals surface area contributed by atoms with Gasteiger partial charge in [0, 0.05) is 5.56 Å². The molecule has 0 fully saturated rings. The predicted molar refractivity (Wildman–Crippen MR) is 127 cm³/mol. The van der Waals surface area contributed by atoms with Crippen LogP contribution in [0.15, 0.2) is 72.8 Å². The van der Waals surface area contributed by atoms with Crippen molar-refractivity contribution in [2.24, 2.45) is 0 Å². The summed E-state index contributed by atoms with van der Waals surface area (Å²) >= 11 is 5.99. The lowest BCUT2D eigenvalue weighted by Crippen LogP contribution is -2.44. The minimum atomic E-state index is -4.68. The summed E-state index contributed by atoms with van der Waals surface area (Å²) in [6, 6.07) is 14.8. The van der Waals surface area contributed by atoms with Crippen LogP contribution in [0, 0.1) is 0 Å². The molecule has 0 bridgehead atoms. The maximum atomic E-state index is 13.1. The van der Waals surface area contributed by atoms with Crippen molar-refractivity contribution in [3.8, 4) is 0 Å². The van der Waals surface area contributed by atoms with E-state index in [1.807, 2.05) is 0 Å². The number of hydrogen-bond acceptors (Lipinski definition) is 5. The van der Waals surface area contributed by atoms with E-state index in [1.54, 1.807) is 30.3 Å². The molecule has 0 saturated heterocycles. The van der Waals surface area contributed by atoms with E-state index in [9.17, 15) is 32.3 Å². The third-order valence-corrected chi connectivity index (χ3v) is 6.01. The summed E-state index contributed by atoms with van der Waals surface area (Å²) in [5, 5.41) is 2.10. The Morgan fingerprint density at radius 2 is 1.49 bits per heavy atom. The zero-order valence-corrected chi connectivity index (χ0v) is 19.8. The maximum Gasteiger partial charge on any atom is 0.416 e. The fourth-order valence-electron chi connectivity index (χ4n) is 3.78. The van der Waals surface area contributed by atoms with Crippen molar-refractivity contribution in [2.75, 3.05) is 5.32 Å². The molecule has 11 heteroatoms. The molecule has 3 aromatic carbocycles. The first-order valence-corrected chi connectivity index (χ1v) is 11.3. The molecule has 0 spiro atoms. The van der Waals surface area contributed by atoms with Gasteiger partial charge < -0.3 is 10.1 Å². The molecule has 1 heterocycles. The number of rotatable bonds is 6. The third-order valence-electron chi connectivity index (χ3n) is 5.68. The molecule has 0 unspecified atom stereocenters. The Hall–Kier alpha value is -4.18. The van der Waals surface area contributed by atoms with Gasteiger partial charge in [0.2, 0.25) is 6.10 Å². The molecule has 0 aromatic heterocycles. The second-order valence-electron chi connectivity index (χ2n) is 8.11. The molecule has 0 radical (unpaired) electrons. The van der Waals surface area contributed by atoms with Gasteiger partial charge in [-0.05, 0) is 37.3 Å². The largest absolute Gasteiger partial charge is 0.446 e. The van der Waals surface area contributed by atoms with Gasteiger partial charge in [-0.3, -0.25) is 19.3 Å². The van der Waals surface area contributed by atoms with Crippen molar-refractivity contribution < 1.29 is 37.1 Å². The summed E-state index contributed by atoms with van der Waals surface area (Å²) in [6.07, 6.45) is -6.31. The molecular weight excluding hydrogens is 513 g/mol. The number of benzene rings is 3. The van der Waals surface area contributed by atoms with Crippen LogP contribution in [-0.2, 0) is 20.5 Å². The number of carbonyl (C=O) groups is 4. The second-order valence-corrected chi connectivity index (χ2v) is 8.52. The van der Waals surface area contributed by atoms with Crippen LogP contribution in [0.25, 0.3) is 0 Å². The quantitative estimate of drug-likeness (QED) is 0.346. The van der Waals surface area contributed by atoms with Gasteiger partial charge in [0.05, 0.1) is 27.4 Å². The lowest BCUT2D eigenvalue weighted by Gasteiger charge is -2.24. The van der Waals surface area contributed by atoms with Gasteiger partial charge in [0.25, 0.3) is 17.7 Å². The number of anilines is 1. The van der Waals surface area contributed by atoms with Crippen molar-refractivity contribution in [3.05, 3.63) is 100 Å². The Bertz CT molecular complexity index is 1360. The standard InChI is InChI=1S/C26H18ClF3N2O5/c1-14(32-23(34)17-9-5-6-10-18(17)24(32)35)25(36)37-21(15-7-3-2-4-8-15)22(33)31-20-13-16(26(28,29)30)11-12-19(20)27/h2-14,21H,1H3,(H,31,33)/t14-,21+/m1/s1. The average Bonchev–Trinajstić information content (AvgIpc) is 3.12. The van der Waals surface area contributed by atoms with E-state index in [4.69, 9.17) is 16.3 Å². The van der Waals surface area contributed by atoms with E-state index in [0.29, 0.717) is 6.07 Å². The summed E-state index contributed by atoms with van der Waals surface area (Å²) in [4.78, 5) is 52.4. The van der Waals surface area contributed by atoms with Gasteiger partial charge in [0.1, 0.15) is 6.04 Å². The van der Waals surface area contributed by atoms with Gasteiger partial charge in [-0.25, -0.2) is 4.79 Å². The van der Waals surface area contributed by atoms with Crippen LogP contribution >= 0.6 is 11.6 Å². The molecule has 4 rings (SSSR count). The van der Waals surface area contributed by atoms with Crippen molar-refractivity contribution in [2.45, 2.75) is 25.2 Å². The fourth-order valence-corrected chi connectivity index (χ4v) is 3.94. The molecule has 190 valence electrons. The number of hydrogen-bond donors (Lipinski definition) is 1. The van der Waals surface area contributed by atoms with Gasteiger partial charge in [-0.2, -0.15) is 13.2 Å². The van der Waals surface area contributed by atoms with E-state index in [2.05, 4.69) is 5.32 Å². The Balaban J connectivity index is 1.59. The highest BCUT2D eigenvalue weighted by molar-refractivity contribution is 6.33. The lowest BCUT2D eigenvalue weighted by atomic mass is 10.1. The first-order valence-electron chi connectivity index (χ1n) is 10.9. The van der Waals surface area contributed by atoms with E-state index in [0.717, 1.165) is 17.0 Å². The van der Waals surface area contributed by atoms with Crippen molar-refractivity contribution in [1.29, 1.82) is 0 Å². The molecule has 37 heavy (non-hydrogen) atoms. The molecule has 1 aliphatic rings.